The second kappa shape index (κ2) is 7.46. The van der Waals surface area contributed by atoms with E-state index in [1.807, 2.05) is 12.1 Å². The van der Waals surface area contributed by atoms with Crippen LogP contribution < -0.4 is 4.90 Å². The van der Waals surface area contributed by atoms with Crippen LogP contribution in [-0.2, 0) is 21.2 Å². The zero-order valence-corrected chi connectivity index (χ0v) is 17.8. The Hall–Kier alpha value is -2.39. The number of fused-ring (bicyclic) bond motifs is 1. The van der Waals surface area contributed by atoms with Crippen LogP contribution in [0.5, 0.6) is 0 Å². The lowest BCUT2D eigenvalue weighted by atomic mass is 10.1. The maximum absolute atomic E-state index is 12.9. The number of carbonyl (C=O) groups is 1. The van der Waals surface area contributed by atoms with Gasteiger partial charge in [-0.15, -0.1) is 0 Å². The summed E-state index contributed by atoms with van der Waals surface area (Å²) in [6.45, 7) is 6.96. The van der Waals surface area contributed by atoms with Crippen LogP contribution in [0, 0.1) is 13.8 Å². The minimum atomic E-state index is -3.67. The number of hydrogen-bond acceptors (Lipinski definition) is 6. The molecule has 4 rings (SSSR count). The first-order valence-corrected chi connectivity index (χ1v) is 11.3. The van der Waals surface area contributed by atoms with Crippen LogP contribution in [0.25, 0.3) is 0 Å². The van der Waals surface area contributed by atoms with Crippen LogP contribution in [0.3, 0.4) is 0 Å². The maximum Gasteiger partial charge on any atom is 0.248 e. The Bertz CT molecular complexity index is 1010. The Morgan fingerprint density at radius 2 is 1.86 bits per heavy atom. The number of sulfonamides is 1. The molecule has 1 aromatic carbocycles. The van der Waals surface area contributed by atoms with Crippen LogP contribution >= 0.6 is 0 Å². The van der Waals surface area contributed by atoms with E-state index in [1.54, 1.807) is 18.7 Å². The summed E-state index contributed by atoms with van der Waals surface area (Å²) in [6, 6.07) is 8.45. The van der Waals surface area contributed by atoms with Gasteiger partial charge in [0, 0.05) is 37.9 Å². The molecular weight excluding hydrogens is 392 g/mol. The van der Waals surface area contributed by atoms with Crippen LogP contribution in [-0.4, -0.2) is 67.5 Å². The van der Waals surface area contributed by atoms with Crippen LogP contribution in [0.15, 0.2) is 33.7 Å². The molecule has 2 aliphatic rings. The normalized spacial score (nSPS) is 20.2. The summed E-state index contributed by atoms with van der Waals surface area (Å²) in [7, 11) is -3.67. The minimum absolute atomic E-state index is 0.0305. The monoisotopic (exact) mass is 418 g/mol. The molecule has 1 aromatic heterocycles. The van der Waals surface area contributed by atoms with Gasteiger partial charge in [0.25, 0.3) is 0 Å². The zero-order chi connectivity index (χ0) is 20.8. The first-order valence-electron chi connectivity index (χ1n) is 9.84. The van der Waals surface area contributed by atoms with Crippen molar-refractivity contribution in [2.45, 2.75) is 38.1 Å². The standard InChI is InChI=1S/C20H26N4O4S/c1-14-12-17-6-4-5-7-18(17)24(14)13-19(25)22-8-10-23(11-9-22)29(26,27)20-15(2)21-28-16(20)3/h4-7,14H,8-13H2,1-3H3. The predicted molar refractivity (Wildman–Crippen MR) is 108 cm³/mol. The molecule has 1 fully saturated rings. The highest BCUT2D eigenvalue weighted by Crippen LogP contribution is 2.31. The van der Waals surface area contributed by atoms with Crippen molar-refractivity contribution in [3.05, 3.63) is 41.3 Å². The topological polar surface area (TPSA) is 87.0 Å². The molecule has 0 spiro atoms. The summed E-state index contributed by atoms with van der Waals surface area (Å²) in [5.41, 5.74) is 2.75. The summed E-state index contributed by atoms with van der Waals surface area (Å²) in [4.78, 5) is 16.9. The molecule has 2 aromatic rings. The summed E-state index contributed by atoms with van der Waals surface area (Å²) in [5, 5.41) is 3.75. The third kappa shape index (κ3) is 3.53. The van der Waals surface area contributed by atoms with Crippen molar-refractivity contribution in [3.63, 3.8) is 0 Å². The maximum atomic E-state index is 12.9. The van der Waals surface area contributed by atoms with Gasteiger partial charge in [-0.1, -0.05) is 23.4 Å². The van der Waals surface area contributed by atoms with Gasteiger partial charge in [-0.05, 0) is 38.8 Å². The third-order valence-electron chi connectivity index (χ3n) is 5.81. The third-order valence-corrected chi connectivity index (χ3v) is 7.95. The highest BCUT2D eigenvalue weighted by atomic mass is 32.2. The lowest BCUT2D eigenvalue weighted by Gasteiger charge is -2.35. The van der Waals surface area contributed by atoms with Crippen molar-refractivity contribution in [2.24, 2.45) is 0 Å². The number of amides is 1. The number of anilines is 1. The van der Waals surface area contributed by atoms with Crippen molar-refractivity contribution in [1.29, 1.82) is 0 Å². The molecule has 0 aliphatic carbocycles. The van der Waals surface area contributed by atoms with Gasteiger partial charge in [0.05, 0.1) is 6.54 Å². The molecular formula is C20H26N4O4S. The Kier molecular flexibility index (Phi) is 5.12. The Morgan fingerprint density at radius 3 is 2.52 bits per heavy atom. The molecule has 9 heteroatoms. The summed E-state index contributed by atoms with van der Waals surface area (Å²) in [5.74, 6) is 0.325. The van der Waals surface area contributed by atoms with E-state index in [1.165, 1.54) is 9.87 Å². The lowest BCUT2D eigenvalue weighted by Crippen LogP contribution is -2.53. The van der Waals surface area contributed by atoms with Gasteiger partial charge < -0.3 is 14.3 Å². The fraction of sp³-hybridized carbons (Fsp3) is 0.500. The molecule has 0 bridgehead atoms. The quantitative estimate of drug-likeness (QED) is 0.749. The molecule has 2 aliphatic heterocycles. The van der Waals surface area contributed by atoms with E-state index in [-0.39, 0.29) is 29.9 Å². The smallest absolute Gasteiger partial charge is 0.248 e. The highest BCUT2D eigenvalue weighted by Gasteiger charge is 2.35. The van der Waals surface area contributed by atoms with Crippen molar-refractivity contribution in [2.75, 3.05) is 37.6 Å². The molecule has 1 saturated heterocycles. The van der Waals surface area contributed by atoms with Crippen molar-refractivity contribution >= 4 is 21.6 Å². The predicted octanol–water partition coefficient (Wildman–Crippen LogP) is 1.58. The van der Waals surface area contributed by atoms with Crippen molar-refractivity contribution in [1.82, 2.24) is 14.4 Å². The first-order chi connectivity index (χ1) is 13.8. The average Bonchev–Trinajstić information content (AvgIpc) is 3.21. The lowest BCUT2D eigenvalue weighted by molar-refractivity contribution is -0.130. The largest absolute Gasteiger partial charge is 0.360 e. The molecule has 3 heterocycles. The van der Waals surface area contributed by atoms with Gasteiger partial charge in [-0.25, -0.2) is 8.42 Å². The first kappa shape index (κ1) is 19.9. The number of nitrogens with zero attached hydrogens (tertiary/aromatic N) is 4. The number of benzene rings is 1. The molecule has 0 saturated carbocycles. The Balaban J connectivity index is 1.41. The van der Waals surface area contributed by atoms with Gasteiger partial charge in [-0.2, -0.15) is 4.31 Å². The number of aryl methyl sites for hydroxylation is 2. The molecule has 1 unspecified atom stereocenters. The summed E-state index contributed by atoms with van der Waals surface area (Å²) < 4.78 is 32.3. The molecule has 8 nitrogen and oxygen atoms in total. The molecule has 1 atom stereocenters. The second-order valence-electron chi connectivity index (χ2n) is 7.75. The molecule has 1 amide bonds. The van der Waals surface area contributed by atoms with Crippen molar-refractivity contribution < 1.29 is 17.7 Å². The minimum Gasteiger partial charge on any atom is -0.360 e. The van der Waals surface area contributed by atoms with Gasteiger partial charge in [0.2, 0.25) is 15.9 Å². The van der Waals surface area contributed by atoms with Gasteiger partial charge in [0.15, 0.2) is 5.76 Å². The molecule has 29 heavy (non-hydrogen) atoms. The number of para-hydroxylation sites is 1. The van der Waals surface area contributed by atoms with Crippen molar-refractivity contribution in [3.8, 4) is 0 Å². The fourth-order valence-electron chi connectivity index (χ4n) is 4.27. The van der Waals surface area contributed by atoms with Crippen LogP contribution in [0.4, 0.5) is 5.69 Å². The van der Waals surface area contributed by atoms with E-state index >= 15 is 0 Å². The number of hydrogen-bond donors (Lipinski definition) is 0. The van der Waals surface area contributed by atoms with Crippen LogP contribution in [0.2, 0.25) is 0 Å². The highest BCUT2D eigenvalue weighted by molar-refractivity contribution is 7.89. The Morgan fingerprint density at radius 1 is 1.17 bits per heavy atom. The number of aromatic nitrogens is 1. The van der Waals surface area contributed by atoms with E-state index in [9.17, 15) is 13.2 Å². The molecule has 0 N–H and O–H groups in total. The van der Waals surface area contributed by atoms with E-state index in [0.717, 1.165) is 12.1 Å². The van der Waals surface area contributed by atoms with E-state index in [0.29, 0.717) is 31.1 Å². The molecule has 156 valence electrons. The number of carbonyl (C=O) groups excluding carboxylic acids is 1. The molecule has 0 radical (unpaired) electrons. The van der Waals surface area contributed by atoms with Gasteiger partial charge in [-0.3, -0.25) is 4.79 Å². The Labute approximate surface area is 171 Å². The van der Waals surface area contributed by atoms with Crippen LogP contribution in [0.1, 0.15) is 23.9 Å². The average molecular weight is 419 g/mol. The summed E-state index contributed by atoms with van der Waals surface area (Å²) >= 11 is 0. The zero-order valence-electron chi connectivity index (χ0n) is 17.0. The fourth-order valence-corrected chi connectivity index (χ4v) is 5.98. The van der Waals surface area contributed by atoms with E-state index in [4.69, 9.17) is 4.52 Å². The number of piperazine rings is 1. The van der Waals surface area contributed by atoms with E-state index < -0.39 is 10.0 Å². The number of rotatable bonds is 4. The van der Waals surface area contributed by atoms with E-state index in [2.05, 4.69) is 29.1 Å². The second-order valence-corrected chi connectivity index (χ2v) is 9.62. The van der Waals surface area contributed by atoms with Gasteiger partial charge >= 0.3 is 0 Å². The summed E-state index contributed by atoms with van der Waals surface area (Å²) in [6.07, 6.45) is 0.937. The van der Waals surface area contributed by atoms with Gasteiger partial charge in [0.1, 0.15) is 10.6 Å². The SMILES string of the molecule is Cc1noc(C)c1S(=O)(=O)N1CCN(C(=O)CN2c3ccccc3CC2C)CC1.